The van der Waals surface area contributed by atoms with Crippen LogP contribution in [0.25, 0.3) is 11.5 Å². The second kappa shape index (κ2) is 5.31. The summed E-state index contributed by atoms with van der Waals surface area (Å²) < 4.78 is 5.69. The van der Waals surface area contributed by atoms with Crippen LogP contribution in [0.5, 0.6) is 0 Å². The lowest BCUT2D eigenvalue weighted by atomic mass is 10.1. The molecule has 0 amide bonds. The van der Waals surface area contributed by atoms with Crippen molar-refractivity contribution in [3.05, 3.63) is 34.7 Å². The van der Waals surface area contributed by atoms with E-state index in [1.807, 2.05) is 25.1 Å². The number of nitrogens with zero attached hydrogens (tertiary/aromatic N) is 2. The summed E-state index contributed by atoms with van der Waals surface area (Å²) in [6, 6.07) is 6.36. The van der Waals surface area contributed by atoms with E-state index in [1.54, 1.807) is 0 Å². The third-order valence-corrected chi connectivity index (χ3v) is 3.47. The van der Waals surface area contributed by atoms with E-state index in [4.69, 9.17) is 16.0 Å². The average Bonchev–Trinajstić information content (AvgIpc) is 3.07. The van der Waals surface area contributed by atoms with Gasteiger partial charge in [-0.25, -0.2) is 0 Å². The summed E-state index contributed by atoms with van der Waals surface area (Å²) >= 11 is 5.94. The molecule has 0 spiro atoms. The van der Waals surface area contributed by atoms with E-state index in [-0.39, 0.29) is 0 Å². The second-order valence-electron chi connectivity index (χ2n) is 4.94. The zero-order chi connectivity index (χ0) is 13.2. The van der Waals surface area contributed by atoms with Crippen LogP contribution in [0, 0.1) is 6.92 Å². The van der Waals surface area contributed by atoms with Gasteiger partial charge >= 0.3 is 0 Å². The maximum absolute atomic E-state index is 5.94. The zero-order valence-electron chi connectivity index (χ0n) is 10.8. The first kappa shape index (κ1) is 12.6. The normalized spacial score (nSPS) is 14.8. The van der Waals surface area contributed by atoms with E-state index >= 15 is 0 Å². The van der Waals surface area contributed by atoms with E-state index in [0.717, 1.165) is 29.1 Å². The first-order valence-corrected chi connectivity index (χ1v) is 6.92. The van der Waals surface area contributed by atoms with Crippen LogP contribution in [0.2, 0.25) is 5.02 Å². The van der Waals surface area contributed by atoms with Crippen molar-refractivity contribution in [2.45, 2.75) is 32.2 Å². The molecule has 0 atom stereocenters. The van der Waals surface area contributed by atoms with Crippen molar-refractivity contribution in [1.29, 1.82) is 0 Å². The lowest BCUT2D eigenvalue weighted by Gasteiger charge is -2.01. The predicted molar refractivity (Wildman–Crippen MR) is 74.2 cm³/mol. The minimum Gasteiger partial charge on any atom is -0.421 e. The molecule has 100 valence electrons. The van der Waals surface area contributed by atoms with Gasteiger partial charge in [-0.05, 0) is 43.5 Å². The molecule has 19 heavy (non-hydrogen) atoms. The highest BCUT2D eigenvalue weighted by atomic mass is 35.5. The Kier molecular flexibility index (Phi) is 3.53. The Morgan fingerprint density at radius 2 is 2.21 bits per heavy atom. The zero-order valence-corrected chi connectivity index (χ0v) is 11.6. The van der Waals surface area contributed by atoms with Crippen molar-refractivity contribution < 1.29 is 4.42 Å². The van der Waals surface area contributed by atoms with Gasteiger partial charge in [-0.1, -0.05) is 11.6 Å². The van der Waals surface area contributed by atoms with Gasteiger partial charge in [0.15, 0.2) is 0 Å². The molecule has 1 saturated carbocycles. The Balaban J connectivity index is 1.68. The first-order valence-electron chi connectivity index (χ1n) is 6.54. The molecule has 3 rings (SSSR count). The maximum Gasteiger partial charge on any atom is 0.248 e. The molecule has 1 aliphatic rings. The van der Waals surface area contributed by atoms with Gasteiger partial charge in [0.1, 0.15) is 0 Å². The number of halogens is 1. The van der Waals surface area contributed by atoms with E-state index in [0.29, 0.717) is 17.8 Å². The molecule has 1 aromatic carbocycles. The fraction of sp³-hybridized carbons (Fsp3) is 0.429. The first-order chi connectivity index (χ1) is 9.22. The number of rotatable bonds is 5. The van der Waals surface area contributed by atoms with Gasteiger partial charge in [-0.15, -0.1) is 10.2 Å². The van der Waals surface area contributed by atoms with E-state index in [9.17, 15) is 0 Å². The molecule has 0 aliphatic heterocycles. The van der Waals surface area contributed by atoms with Crippen molar-refractivity contribution in [3.8, 4) is 11.5 Å². The van der Waals surface area contributed by atoms with Crippen LogP contribution in [0.1, 0.15) is 24.3 Å². The molecule has 4 nitrogen and oxygen atoms in total. The van der Waals surface area contributed by atoms with E-state index in [1.165, 1.54) is 12.8 Å². The Bertz CT molecular complexity index is 578. The molecular formula is C14H16ClN3O. The van der Waals surface area contributed by atoms with Crippen molar-refractivity contribution in [1.82, 2.24) is 15.5 Å². The van der Waals surface area contributed by atoms with Gasteiger partial charge in [-0.3, -0.25) is 0 Å². The lowest BCUT2D eigenvalue weighted by Crippen LogP contribution is -2.19. The fourth-order valence-corrected chi connectivity index (χ4v) is 2.23. The molecule has 2 aromatic rings. The van der Waals surface area contributed by atoms with Gasteiger partial charge < -0.3 is 9.73 Å². The Labute approximate surface area is 117 Å². The molecule has 1 N–H and O–H groups in total. The molecule has 0 unspecified atom stereocenters. The largest absolute Gasteiger partial charge is 0.421 e. The van der Waals surface area contributed by atoms with Gasteiger partial charge in [0, 0.05) is 29.6 Å². The lowest BCUT2D eigenvalue weighted by molar-refractivity contribution is 0.494. The Morgan fingerprint density at radius 3 is 2.95 bits per heavy atom. The summed E-state index contributed by atoms with van der Waals surface area (Å²) in [7, 11) is 0. The highest BCUT2D eigenvalue weighted by molar-refractivity contribution is 6.30. The molecule has 0 radical (unpaired) electrons. The summed E-state index contributed by atoms with van der Waals surface area (Å²) in [6.45, 7) is 2.88. The number of hydrogen-bond donors (Lipinski definition) is 1. The molecule has 0 bridgehead atoms. The quantitative estimate of drug-likeness (QED) is 0.913. The number of aryl methyl sites for hydroxylation is 1. The number of nitrogens with one attached hydrogen (secondary N) is 1. The second-order valence-corrected chi connectivity index (χ2v) is 5.38. The number of aromatic nitrogens is 2. The Morgan fingerprint density at radius 1 is 1.37 bits per heavy atom. The van der Waals surface area contributed by atoms with Crippen LogP contribution in [0.3, 0.4) is 0 Å². The minimum atomic E-state index is 0.565. The average molecular weight is 278 g/mol. The third kappa shape index (κ3) is 3.14. The van der Waals surface area contributed by atoms with Crippen molar-refractivity contribution in [2.75, 3.05) is 6.54 Å². The van der Waals surface area contributed by atoms with Crippen molar-refractivity contribution >= 4 is 11.6 Å². The molecule has 0 saturated heterocycles. The van der Waals surface area contributed by atoms with Gasteiger partial charge in [0.2, 0.25) is 11.8 Å². The smallest absolute Gasteiger partial charge is 0.248 e. The van der Waals surface area contributed by atoms with E-state index in [2.05, 4.69) is 15.5 Å². The highest BCUT2D eigenvalue weighted by Gasteiger charge is 2.20. The Hall–Kier alpha value is -1.39. The van der Waals surface area contributed by atoms with E-state index < -0.39 is 0 Å². The SMILES string of the molecule is Cc1cc(Cl)ccc1-c1nnc(CCNC2CC2)o1. The van der Waals surface area contributed by atoms with Gasteiger partial charge in [-0.2, -0.15) is 0 Å². The molecular weight excluding hydrogens is 262 g/mol. The summed E-state index contributed by atoms with van der Waals surface area (Å²) in [6.07, 6.45) is 3.36. The molecule has 1 aliphatic carbocycles. The summed E-state index contributed by atoms with van der Waals surface area (Å²) in [4.78, 5) is 0. The van der Waals surface area contributed by atoms with Crippen molar-refractivity contribution in [2.24, 2.45) is 0 Å². The molecule has 1 aromatic heterocycles. The van der Waals surface area contributed by atoms with Crippen LogP contribution in [-0.2, 0) is 6.42 Å². The standard InChI is InChI=1S/C14H16ClN3O/c1-9-8-10(15)2-5-12(9)14-18-17-13(19-14)6-7-16-11-3-4-11/h2,5,8,11,16H,3-4,6-7H2,1H3. The molecule has 1 heterocycles. The minimum absolute atomic E-state index is 0.565. The third-order valence-electron chi connectivity index (χ3n) is 3.23. The van der Waals surface area contributed by atoms with Crippen LogP contribution in [0.4, 0.5) is 0 Å². The van der Waals surface area contributed by atoms with Gasteiger partial charge in [0.25, 0.3) is 0 Å². The number of benzene rings is 1. The van der Waals surface area contributed by atoms with Crippen LogP contribution in [0.15, 0.2) is 22.6 Å². The predicted octanol–water partition coefficient (Wildman–Crippen LogP) is 2.99. The van der Waals surface area contributed by atoms with Crippen LogP contribution in [-0.4, -0.2) is 22.8 Å². The number of hydrogen-bond acceptors (Lipinski definition) is 4. The highest BCUT2D eigenvalue weighted by Crippen LogP contribution is 2.25. The molecule has 1 fully saturated rings. The topological polar surface area (TPSA) is 51.0 Å². The summed E-state index contributed by atoms with van der Waals surface area (Å²) in [5.41, 5.74) is 1.98. The summed E-state index contributed by atoms with van der Waals surface area (Å²) in [5.74, 6) is 1.24. The fourth-order valence-electron chi connectivity index (χ4n) is 2.00. The van der Waals surface area contributed by atoms with Crippen LogP contribution < -0.4 is 5.32 Å². The van der Waals surface area contributed by atoms with Gasteiger partial charge in [0.05, 0.1) is 0 Å². The molecule has 5 heteroatoms. The van der Waals surface area contributed by atoms with Crippen molar-refractivity contribution in [3.63, 3.8) is 0 Å². The van der Waals surface area contributed by atoms with Crippen LogP contribution >= 0.6 is 11.6 Å². The summed E-state index contributed by atoms with van der Waals surface area (Å²) in [5, 5.41) is 12.3. The maximum atomic E-state index is 5.94. The monoisotopic (exact) mass is 277 g/mol.